The molecule has 0 saturated carbocycles. The predicted octanol–water partition coefficient (Wildman–Crippen LogP) is 1.84. The van der Waals surface area contributed by atoms with E-state index in [9.17, 15) is 0 Å². The van der Waals surface area contributed by atoms with Crippen molar-refractivity contribution in [3.63, 3.8) is 0 Å². The van der Waals surface area contributed by atoms with Crippen LogP contribution in [0.15, 0.2) is 16.7 Å². The van der Waals surface area contributed by atoms with Gasteiger partial charge in [0.1, 0.15) is 5.76 Å². The summed E-state index contributed by atoms with van der Waals surface area (Å²) in [6.45, 7) is 6.49. The Labute approximate surface area is 97.8 Å². The Hall–Kier alpha value is -1.24. The lowest BCUT2D eigenvalue weighted by Gasteiger charge is -2.13. The Kier molecular flexibility index (Phi) is 5.10. The van der Waals surface area contributed by atoms with Gasteiger partial charge in [0, 0.05) is 18.2 Å². The van der Waals surface area contributed by atoms with Gasteiger partial charge < -0.3 is 9.73 Å². The van der Waals surface area contributed by atoms with E-state index in [4.69, 9.17) is 10.8 Å². The van der Waals surface area contributed by atoms with E-state index < -0.39 is 0 Å². The molecule has 0 amide bonds. The number of nitrogens with one attached hydrogen (secondary N) is 1. The second kappa shape index (κ2) is 6.37. The average molecular weight is 220 g/mol. The summed E-state index contributed by atoms with van der Waals surface area (Å²) in [4.78, 5) is 2.05. The molecule has 0 saturated heterocycles. The molecule has 0 radical (unpaired) electrons. The van der Waals surface area contributed by atoms with Crippen LogP contribution in [0.25, 0.3) is 0 Å². The molecule has 0 bridgehead atoms. The molecule has 88 valence electrons. The Morgan fingerprint density at radius 3 is 2.94 bits per heavy atom. The number of hydrogen-bond donors (Lipinski definition) is 1. The standard InChI is InChI=1S/C13H20N2O/c1-5-7-15(4)10-13-12(6-8-16-13)9-14-11(2)3/h1,6,8,11,14H,7,9-10H2,2-4H3. The number of rotatable bonds is 6. The van der Waals surface area contributed by atoms with Crippen LogP contribution in [-0.2, 0) is 13.1 Å². The van der Waals surface area contributed by atoms with Gasteiger partial charge in [0.05, 0.1) is 19.4 Å². The van der Waals surface area contributed by atoms with E-state index in [0.29, 0.717) is 12.6 Å². The van der Waals surface area contributed by atoms with Gasteiger partial charge in [0.2, 0.25) is 0 Å². The van der Waals surface area contributed by atoms with E-state index in [0.717, 1.165) is 18.8 Å². The molecule has 0 aliphatic rings. The molecule has 1 heterocycles. The molecule has 16 heavy (non-hydrogen) atoms. The second-order valence-corrected chi connectivity index (χ2v) is 4.28. The molecule has 0 aromatic carbocycles. The molecular formula is C13H20N2O. The summed E-state index contributed by atoms with van der Waals surface area (Å²) in [5.41, 5.74) is 1.21. The number of terminal acetylenes is 1. The highest BCUT2D eigenvalue weighted by molar-refractivity contribution is 5.17. The summed E-state index contributed by atoms with van der Waals surface area (Å²) in [5, 5.41) is 3.37. The molecule has 0 aliphatic carbocycles. The van der Waals surface area contributed by atoms with Gasteiger partial charge in [-0.25, -0.2) is 0 Å². The molecule has 1 aromatic rings. The fraction of sp³-hybridized carbons (Fsp3) is 0.538. The van der Waals surface area contributed by atoms with Crippen molar-refractivity contribution in [3.8, 4) is 12.3 Å². The zero-order chi connectivity index (χ0) is 12.0. The van der Waals surface area contributed by atoms with Crippen LogP contribution in [-0.4, -0.2) is 24.5 Å². The number of furan rings is 1. The van der Waals surface area contributed by atoms with Crippen molar-refractivity contribution in [2.75, 3.05) is 13.6 Å². The Balaban J connectivity index is 2.53. The van der Waals surface area contributed by atoms with E-state index in [2.05, 4.69) is 30.0 Å². The maximum absolute atomic E-state index is 5.46. The molecular weight excluding hydrogens is 200 g/mol. The molecule has 0 atom stereocenters. The smallest absolute Gasteiger partial charge is 0.122 e. The fourth-order valence-electron chi connectivity index (χ4n) is 1.43. The molecule has 3 nitrogen and oxygen atoms in total. The van der Waals surface area contributed by atoms with Gasteiger partial charge in [0.25, 0.3) is 0 Å². The largest absolute Gasteiger partial charge is 0.468 e. The maximum atomic E-state index is 5.46. The Morgan fingerprint density at radius 2 is 2.31 bits per heavy atom. The van der Waals surface area contributed by atoms with Crippen LogP contribution >= 0.6 is 0 Å². The van der Waals surface area contributed by atoms with Crippen LogP contribution in [0.5, 0.6) is 0 Å². The molecule has 3 heteroatoms. The lowest BCUT2D eigenvalue weighted by atomic mass is 10.2. The monoisotopic (exact) mass is 220 g/mol. The zero-order valence-corrected chi connectivity index (χ0v) is 10.3. The third-order valence-electron chi connectivity index (χ3n) is 2.31. The fourth-order valence-corrected chi connectivity index (χ4v) is 1.43. The van der Waals surface area contributed by atoms with Gasteiger partial charge in [-0.3, -0.25) is 4.90 Å². The number of hydrogen-bond acceptors (Lipinski definition) is 3. The molecule has 1 rings (SSSR count). The normalized spacial score (nSPS) is 11.0. The summed E-state index contributed by atoms with van der Waals surface area (Å²) in [6.07, 6.45) is 6.99. The molecule has 0 aliphatic heterocycles. The van der Waals surface area contributed by atoms with Crippen LogP contribution in [0.3, 0.4) is 0 Å². The minimum absolute atomic E-state index is 0.478. The van der Waals surface area contributed by atoms with E-state index in [1.807, 2.05) is 13.1 Å². The third-order valence-corrected chi connectivity index (χ3v) is 2.31. The first kappa shape index (κ1) is 12.8. The highest BCUT2D eigenvalue weighted by atomic mass is 16.3. The minimum Gasteiger partial charge on any atom is -0.468 e. The maximum Gasteiger partial charge on any atom is 0.122 e. The molecule has 0 unspecified atom stereocenters. The summed E-state index contributed by atoms with van der Waals surface area (Å²) in [6, 6.07) is 2.49. The van der Waals surface area contributed by atoms with Crippen molar-refractivity contribution in [2.45, 2.75) is 33.0 Å². The third kappa shape index (κ3) is 4.09. The Bertz CT molecular complexity index is 349. The van der Waals surface area contributed by atoms with Crippen molar-refractivity contribution in [1.82, 2.24) is 10.2 Å². The van der Waals surface area contributed by atoms with Crippen LogP contribution < -0.4 is 5.32 Å². The van der Waals surface area contributed by atoms with Gasteiger partial charge in [-0.1, -0.05) is 19.8 Å². The highest BCUT2D eigenvalue weighted by Crippen LogP contribution is 2.12. The first-order valence-electron chi connectivity index (χ1n) is 5.54. The van der Waals surface area contributed by atoms with Gasteiger partial charge in [0.15, 0.2) is 0 Å². The van der Waals surface area contributed by atoms with Gasteiger partial charge >= 0.3 is 0 Å². The number of nitrogens with zero attached hydrogens (tertiary/aromatic N) is 1. The van der Waals surface area contributed by atoms with Crippen molar-refractivity contribution < 1.29 is 4.42 Å². The van der Waals surface area contributed by atoms with Crippen LogP contribution in [0, 0.1) is 12.3 Å². The minimum atomic E-state index is 0.478. The van der Waals surface area contributed by atoms with Crippen molar-refractivity contribution in [1.29, 1.82) is 0 Å². The van der Waals surface area contributed by atoms with Gasteiger partial charge in [-0.05, 0) is 13.1 Å². The van der Waals surface area contributed by atoms with E-state index in [1.165, 1.54) is 5.56 Å². The SMILES string of the molecule is C#CCN(C)Cc1occc1CNC(C)C. The summed E-state index contributed by atoms with van der Waals surface area (Å²) >= 11 is 0. The van der Waals surface area contributed by atoms with Crippen LogP contribution in [0.4, 0.5) is 0 Å². The van der Waals surface area contributed by atoms with Gasteiger partial charge in [-0.15, -0.1) is 6.42 Å². The average Bonchev–Trinajstić information content (AvgIpc) is 2.62. The first-order chi connectivity index (χ1) is 7.63. The van der Waals surface area contributed by atoms with E-state index in [1.54, 1.807) is 6.26 Å². The van der Waals surface area contributed by atoms with E-state index >= 15 is 0 Å². The molecule has 0 spiro atoms. The highest BCUT2D eigenvalue weighted by Gasteiger charge is 2.08. The second-order valence-electron chi connectivity index (χ2n) is 4.28. The first-order valence-corrected chi connectivity index (χ1v) is 5.54. The van der Waals surface area contributed by atoms with Crippen molar-refractivity contribution in [3.05, 3.63) is 23.7 Å². The quantitative estimate of drug-likeness (QED) is 0.742. The molecule has 1 N–H and O–H groups in total. The van der Waals surface area contributed by atoms with Crippen molar-refractivity contribution >= 4 is 0 Å². The summed E-state index contributed by atoms with van der Waals surface area (Å²) in [7, 11) is 1.99. The Morgan fingerprint density at radius 1 is 1.56 bits per heavy atom. The van der Waals surface area contributed by atoms with Crippen LogP contribution in [0.1, 0.15) is 25.2 Å². The molecule has 1 aromatic heterocycles. The molecule has 0 fully saturated rings. The summed E-state index contributed by atoms with van der Waals surface area (Å²) in [5.74, 6) is 3.61. The lowest BCUT2D eigenvalue weighted by molar-refractivity contribution is 0.324. The van der Waals surface area contributed by atoms with Crippen LogP contribution in [0.2, 0.25) is 0 Å². The van der Waals surface area contributed by atoms with Crippen molar-refractivity contribution in [2.24, 2.45) is 0 Å². The topological polar surface area (TPSA) is 28.4 Å². The van der Waals surface area contributed by atoms with E-state index in [-0.39, 0.29) is 0 Å². The zero-order valence-electron chi connectivity index (χ0n) is 10.3. The lowest BCUT2D eigenvalue weighted by Crippen LogP contribution is -2.23. The predicted molar refractivity (Wildman–Crippen MR) is 65.9 cm³/mol. The summed E-state index contributed by atoms with van der Waals surface area (Å²) < 4.78 is 5.46. The van der Waals surface area contributed by atoms with Gasteiger partial charge in [-0.2, -0.15) is 0 Å².